The van der Waals surface area contributed by atoms with Gasteiger partial charge in [-0.2, -0.15) is 4.98 Å². The van der Waals surface area contributed by atoms with E-state index in [2.05, 4.69) is 15.3 Å². The SMILES string of the molecule is Cc1cc(Cl)nc(O[C@@H]2CCCNC2)n1.Cl. The van der Waals surface area contributed by atoms with Crippen LogP contribution in [0.2, 0.25) is 5.15 Å². The number of aromatic nitrogens is 2. The van der Waals surface area contributed by atoms with Crippen LogP contribution in [0.1, 0.15) is 18.5 Å². The van der Waals surface area contributed by atoms with Crippen LogP contribution >= 0.6 is 24.0 Å². The molecule has 0 bridgehead atoms. The minimum Gasteiger partial charge on any atom is -0.459 e. The maximum absolute atomic E-state index is 5.82. The molecule has 0 aliphatic carbocycles. The molecule has 6 heteroatoms. The number of hydrogen-bond donors (Lipinski definition) is 1. The van der Waals surface area contributed by atoms with Crippen molar-refractivity contribution in [3.05, 3.63) is 16.9 Å². The van der Waals surface area contributed by atoms with Gasteiger partial charge in [0.2, 0.25) is 0 Å². The first-order chi connectivity index (χ1) is 7.24. The number of hydrogen-bond acceptors (Lipinski definition) is 4. The van der Waals surface area contributed by atoms with Crippen LogP contribution in [0.3, 0.4) is 0 Å². The van der Waals surface area contributed by atoms with Crippen molar-refractivity contribution >= 4 is 24.0 Å². The number of rotatable bonds is 2. The van der Waals surface area contributed by atoms with Gasteiger partial charge in [0.25, 0.3) is 0 Å². The van der Waals surface area contributed by atoms with Crippen molar-refractivity contribution in [1.82, 2.24) is 15.3 Å². The van der Waals surface area contributed by atoms with E-state index in [0.717, 1.165) is 31.6 Å². The van der Waals surface area contributed by atoms with Gasteiger partial charge in [0.05, 0.1) is 0 Å². The molecular formula is C10H15Cl2N3O. The maximum Gasteiger partial charge on any atom is 0.318 e. The number of nitrogens with zero attached hydrogens (tertiary/aromatic N) is 2. The van der Waals surface area contributed by atoms with Crippen molar-refractivity contribution in [2.75, 3.05) is 13.1 Å². The number of halogens is 2. The standard InChI is InChI=1S/C10H14ClN3O.ClH/c1-7-5-9(11)14-10(13-7)15-8-3-2-4-12-6-8;/h5,8,12H,2-4,6H2,1H3;1H/t8-;/m1./s1. The molecule has 0 amide bonds. The number of nitrogens with one attached hydrogen (secondary N) is 1. The summed E-state index contributed by atoms with van der Waals surface area (Å²) in [6, 6.07) is 2.10. The highest BCUT2D eigenvalue weighted by atomic mass is 35.5. The molecule has 1 N–H and O–H groups in total. The van der Waals surface area contributed by atoms with Gasteiger partial charge < -0.3 is 10.1 Å². The summed E-state index contributed by atoms with van der Waals surface area (Å²) < 4.78 is 5.65. The lowest BCUT2D eigenvalue weighted by Gasteiger charge is -2.22. The summed E-state index contributed by atoms with van der Waals surface area (Å²) in [5.74, 6) is 0. The van der Waals surface area contributed by atoms with Gasteiger partial charge in [-0.3, -0.25) is 0 Å². The Labute approximate surface area is 106 Å². The molecule has 1 aliphatic rings. The van der Waals surface area contributed by atoms with Crippen molar-refractivity contribution in [2.45, 2.75) is 25.9 Å². The summed E-state index contributed by atoms with van der Waals surface area (Å²) in [5.41, 5.74) is 0.828. The Morgan fingerprint density at radius 1 is 1.50 bits per heavy atom. The molecule has 16 heavy (non-hydrogen) atoms. The molecule has 1 fully saturated rings. The minimum atomic E-state index is 0. The Balaban J connectivity index is 0.00000128. The first kappa shape index (κ1) is 13.5. The van der Waals surface area contributed by atoms with E-state index in [1.807, 2.05) is 6.92 Å². The largest absolute Gasteiger partial charge is 0.459 e. The zero-order valence-electron chi connectivity index (χ0n) is 9.07. The monoisotopic (exact) mass is 263 g/mol. The molecule has 1 aromatic rings. The molecule has 1 aromatic heterocycles. The lowest BCUT2D eigenvalue weighted by Crippen LogP contribution is -2.37. The van der Waals surface area contributed by atoms with Crippen LogP contribution in [0.25, 0.3) is 0 Å². The third-order valence-corrected chi connectivity index (χ3v) is 2.52. The van der Waals surface area contributed by atoms with Gasteiger partial charge in [0, 0.05) is 12.2 Å². The number of ether oxygens (including phenoxy) is 1. The van der Waals surface area contributed by atoms with E-state index in [1.165, 1.54) is 0 Å². The number of aryl methyl sites for hydroxylation is 1. The predicted octanol–water partition coefficient (Wildman–Crippen LogP) is 1.99. The van der Waals surface area contributed by atoms with E-state index in [-0.39, 0.29) is 18.5 Å². The van der Waals surface area contributed by atoms with Gasteiger partial charge >= 0.3 is 6.01 Å². The quantitative estimate of drug-likeness (QED) is 0.830. The van der Waals surface area contributed by atoms with Crippen LogP contribution in [-0.2, 0) is 0 Å². The molecule has 90 valence electrons. The summed E-state index contributed by atoms with van der Waals surface area (Å²) in [6.45, 7) is 3.80. The summed E-state index contributed by atoms with van der Waals surface area (Å²) in [4.78, 5) is 8.21. The van der Waals surface area contributed by atoms with Gasteiger partial charge in [0.1, 0.15) is 11.3 Å². The first-order valence-corrected chi connectivity index (χ1v) is 5.50. The zero-order chi connectivity index (χ0) is 10.7. The van der Waals surface area contributed by atoms with Gasteiger partial charge in [-0.05, 0) is 32.4 Å². The summed E-state index contributed by atoms with van der Waals surface area (Å²) >= 11 is 5.82. The highest BCUT2D eigenvalue weighted by molar-refractivity contribution is 6.29. The van der Waals surface area contributed by atoms with Crippen molar-refractivity contribution < 1.29 is 4.74 Å². The van der Waals surface area contributed by atoms with Gasteiger partial charge in [-0.1, -0.05) is 11.6 Å². The van der Waals surface area contributed by atoms with Crippen LogP contribution in [0.5, 0.6) is 6.01 Å². The average molecular weight is 264 g/mol. The van der Waals surface area contributed by atoms with Gasteiger partial charge in [0.15, 0.2) is 0 Å². The number of piperidine rings is 1. The third-order valence-electron chi connectivity index (χ3n) is 2.33. The van der Waals surface area contributed by atoms with E-state index in [1.54, 1.807) is 6.07 Å². The van der Waals surface area contributed by atoms with Crippen LogP contribution in [0, 0.1) is 6.92 Å². The molecule has 0 unspecified atom stereocenters. The minimum absolute atomic E-state index is 0. The van der Waals surface area contributed by atoms with E-state index in [9.17, 15) is 0 Å². The van der Waals surface area contributed by atoms with Crippen LogP contribution in [-0.4, -0.2) is 29.2 Å². The van der Waals surface area contributed by atoms with Crippen LogP contribution < -0.4 is 10.1 Å². The molecule has 0 spiro atoms. The molecule has 0 radical (unpaired) electrons. The topological polar surface area (TPSA) is 47.0 Å². The Morgan fingerprint density at radius 3 is 2.94 bits per heavy atom. The molecule has 2 rings (SSSR count). The van der Waals surface area contributed by atoms with E-state index in [0.29, 0.717) is 11.2 Å². The average Bonchev–Trinajstić information content (AvgIpc) is 2.17. The zero-order valence-corrected chi connectivity index (χ0v) is 10.6. The Hall–Kier alpha value is -0.580. The smallest absolute Gasteiger partial charge is 0.318 e. The second kappa shape index (κ2) is 6.23. The Bertz CT molecular complexity index is 323. The van der Waals surface area contributed by atoms with Crippen LogP contribution in [0.4, 0.5) is 0 Å². The highest BCUT2D eigenvalue weighted by Gasteiger charge is 2.15. The fraction of sp³-hybridized carbons (Fsp3) is 0.600. The second-order valence-corrected chi connectivity index (χ2v) is 4.09. The molecular weight excluding hydrogens is 249 g/mol. The summed E-state index contributed by atoms with van der Waals surface area (Å²) in [6.07, 6.45) is 2.34. The van der Waals surface area contributed by atoms with Gasteiger partial charge in [-0.25, -0.2) is 4.98 Å². The fourth-order valence-corrected chi connectivity index (χ4v) is 1.86. The second-order valence-electron chi connectivity index (χ2n) is 3.70. The molecule has 1 atom stereocenters. The first-order valence-electron chi connectivity index (χ1n) is 5.12. The highest BCUT2D eigenvalue weighted by Crippen LogP contribution is 2.14. The molecule has 0 saturated carbocycles. The molecule has 1 saturated heterocycles. The van der Waals surface area contributed by atoms with E-state index in [4.69, 9.17) is 16.3 Å². The van der Waals surface area contributed by atoms with Crippen molar-refractivity contribution in [3.8, 4) is 6.01 Å². The summed E-state index contributed by atoms with van der Waals surface area (Å²) in [5, 5.41) is 3.70. The van der Waals surface area contributed by atoms with Crippen LogP contribution in [0.15, 0.2) is 6.07 Å². The third kappa shape index (κ3) is 3.77. The lowest BCUT2D eigenvalue weighted by molar-refractivity contribution is 0.153. The Kier molecular flexibility index (Phi) is 5.25. The predicted molar refractivity (Wildman–Crippen MR) is 65.5 cm³/mol. The van der Waals surface area contributed by atoms with Crippen molar-refractivity contribution in [3.63, 3.8) is 0 Å². The lowest BCUT2D eigenvalue weighted by atomic mass is 10.1. The van der Waals surface area contributed by atoms with E-state index < -0.39 is 0 Å². The normalized spacial score (nSPS) is 20.0. The maximum atomic E-state index is 5.82. The fourth-order valence-electron chi connectivity index (χ4n) is 1.63. The molecule has 0 aromatic carbocycles. The molecule has 1 aliphatic heterocycles. The molecule has 4 nitrogen and oxygen atoms in total. The van der Waals surface area contributed by atoms with Crippen molar-refractivity contribution in [1.29, 1.82) is 0 Å². The Morgan fingerprint density at radius 2 is 2.31 bits per heavy atom. The van der Waals surface area contributed by atoms with E-state index >= 15 is 0 Å². The van der Waals surface area contributed by atoms with Crippen molar-refractivity contribution in [2.24, 2.45) is 0 Å². The summed E-state index contributed by atoms with van der Waals surface area (Å²) in [7, 11) is 0. The molecule has 2 heterocycles. The van der Waals surface area contributed by atoms with Gasteiger partial charge in [-0.15, -0.1) is 12.4 Å².